The Hall–Kier alpha value is -1.68. The first-order chi connectivity index (χ1) is 12.6. The van der Waals surface area contributed by atoms with Crippen LogP contribution in [0.25, 0.3) is 0 Å². The predicted molar refractivity (Wildman–Crippen MR) is 120 cm³/mol. The quantitative estimate of drug-likeness (QED) is 0.364. The number of guanidine groups is 1. The fraction of sp³-hybridized carbons (Fsp3) is 0.421. The summed E-state index contributed by atoms with van der Waals surface area (Å²) in [5.41, 5.74) is 2.34. The molecule has 2 heterocycles. The Bertz CT molecular complexity index is 792. The van der Waals surface area contributed by atoms with Gasteiger partial charge in [0, 0.05) is 44.2 Å². The standard InChI is InChI=1S/C19H25N5OS.HI/c1-14-10-21-17(26-14)12-23-19(20-2)22-11-15-5-3-6-16(9-15)13-24-8-4-7-18(24)25;/h3,5-6,9-10H,4,7-8,11-13H2,1-2H3,(H2,20,22,23);1H. The van der Waals surface area contributed by atoms with Crippen LogP contribution in [-0.4, -0.2) is 35.3 Å². The van der Waals surface area contributed by atoms with Gasteiger partial charge >= 0.3 is 0 Å². The van der Waals surface area contributed by atoms with Crippen molar-refractivity contribution < 1.29 is 4.79 Å². The van der Waals surface area contributed by atoms with E-state index in [0.29, 0.717) is 26.1 Å². The van der Waals surface area contributed by atoms with Gasteiger partial charge in [0.25, 0.3) is 0 Å². The number of carbonyl (C=O) groups is 1. The number of hydrogen-bond donors (Lipinski definition) is 2. The molecule has 0 aliphatic carbocycles. The number of rotatable bonds is 6. The van der Waals surface area contributed by atoms with Crippen LogP contribution in [0.3, 0.4) is 0 Å². The lowest BCUT2D eigenvalue weighted by atomic mass is 10.1. The van der Waals surface area contributed by atoms with Crippen LogP contribution < -0.4 is 10.6 Å². The van der Waals surface area contributed by atoms with Gasteiger partial charge in [-0.1, -0.05) is 24.3 Å². The molecule has 0 radical (unpaired) electrons. The molecule has 2 N–H and O–H groups in total. The third kappa shape index (κ3) is 6.46. The van der Waals surface area contributed by atoms with Gasteiger partial charge in [0.05, 0.1) is 6.54 Å². The van der Waals surface area contributed by atoms with Crippen LogP contribution in [-0.2, 0) is 24.4 Å². The number of nitrogens with zero attached hydrogens (tertiary/aromatic N) is 3. The fourth-order valence-corrected chi connectivity index (χ4v) is 3.71. The van der Waals surface area contributed by atoms with E-state index in [1.54, 1.807) is 18.4 Å². The van der Waals surface area contributed by atoms with E-state index in [2.05, 4.69) is 45.7 Å². The average molecular weight is 499 g/mol. The number of amides is 1. The van der Waals surface area contributed by atoms with E-state index in [9.17, 15) is 4.79 Å². The number of hydrogen-bond acceptors (Lipinski definition) is 4. The van der Waals surface area contributed by atoms with Crippen LogP contribution in [0.4, 0.5) is 0 Å². The molecule has 0 spiro atoms. The van der Waals surface area contributed by atoms with E-state index < -0.39 is 0 Å². The third-order valence-corrected chi connectivity index (χ3v) is 5.21. The molecule has 2 aromatic rings. The Kier molecular flexibility index (Phi) is 8.49. The lowest BCUT2D eigenvalue weighted by Gasteiger charge is -2.16. The predicted octanol–water partition coefficient (Wildman–Crippen LogP) is 3.06. The molecule has 1 aromatic heterocycles. The van der Waals surface area contributed by atoms with Crippen LogP contribution in [0.2, 0.25) is 0 Å². The molecule has 1 aliphatic rings. The van der Waals surface area contributed by atoms with Gasteiger partial charge in [-0.25, -0.2) is 4.98 Å². The van der Waals surface area contributed by atoms with Crippen molar-refractivity contribution in [3.63, 3.8) is 0 Å². The normalized spacial score (nSPS) is 14.2. The first-order valence-corrected chi connectivity index (χ1v) is 9.67. The molecule has 1 aromatic carbocycles. The molecule has 0 saturated carbocycles. The molecule has 0 unspecified atom stereocenters. The fourth-order valence-electron chi connectivity index (χ4n) is 2.98. The summed E-state index contributed by atoms with van der Waals surface area (Å²) >= 11 is 1.68. The van der Waals surface area contributed by atoms with E-state index in [0.717, 1.165) is 23.9 Å². The van der Waals surface area contributed by atoms with Crippen LogP contribution in [0, 0.1) is 6.92 Å². The molecule has 1 saturated heterocycles. The Morgan fingerprint density at radius 3 is 2.74 bits per heavy atom. The number of aliphatic imine (C=N–C) groups is 1. The van der Waals surface area contributed by atoms with Gasteiger partial charge in [-0.15, -0.1) is 35.3 Å². The first-order valence-electron chi connectivity index (χ1n) is 8.85. The molecule has 1 fully saturated rings. The van der Waals surface area contributed by atoms with Crippen molar-refractivity contribution in [1.82, 2.24) is 20.5 Å². The van der Waals surface area contributed by atoms with Gasteiger partial charge in [-0.3, -0.25) is 9.79 Å². The van der Waals surface area contributed by atoms with E-state index in [-0.39, 0.29) is 29.9 Å². The van der Waals surface area contributed by atoms with Gasteiger partial charge in [-0.2, -0.15) is 0 Å². The zero-order valence-corrected chi connectivity index (χ0v) is 18.8. The van der Waals surface area contributed by atoms with Gasteiger partial charge in [0.1, 0.15) is 5.01 Å². The summed E-state index contributed by atoms with van der Waals surface area (Å²) in [5.74, 6) is 1.01. The molecule has 1 aliphatic heterocycles. The number of nitrogens with one attached hydrogen (secondary N) is 2. The zero-order valence-electron chi connectivity index (χ0n) is 15.7. The Balaban J connectivity index is 0.00000261. The molecule has 3 rings (SSSR count). The summed E-state index contributed by atoms with van der Waals surface area (Å²) in [7, 11) is 1.76. The van der Waals surface area contributed by atoms with Gasteiger partial charge in [0.2, 0.25) is 5.91 Å². The summed E-state index contributed by atoms with van der Waals surface area (Å²) in [6.07, 6.45) is 3.54. The van der Waals surface area contributed by atoms with Gasteiger partial charge in [-0.05, 0) is 24.5 Å². The van der Waals surface area contributed by atoms with Crippen molar-refractivity contribution in [1.29, 1.82) is 0 Å². The Labute approximate surface area is 181 Å². The number of halogens is 1. The molecule has 8 heteroatoms. The summed E-state index contributed by atoms with van der Waals surface area (Å²) in [5, 5.41) is 7.65. The lowest BCUT2D eigenvalue weighted by molar-refractivity contribution is -0.128. The SMILES string of the molecule is CN=C(NCc1cccc(CN2CCCC2=O)c1)NCc1ncc(C)s1.I. The maximum Gasteiger partial charge on any atom is 0.222 e. The number of aryl methyl sites for hydroxylation is 1. The summed E-state index contributed by atoms with van der Waals surface area (Å²) in [4.78, 5) is 23.5. The third-order valence-electron chi connectivity index (χ3n) is 4.30. The minimum absolute atomic E-state index is 0. The summed E-state index contributed by atoms with van der Waals surface area (Å²) in [6.45, 7) is 4.96. The number of aromatic nitrogens is 1. The Morgan fingerprint density at radius 2 is 2.07 bits per heavy atom. The lowest BCUT2D eigenvalue weighted by Crippen LogP contribution is -2.36. The van der Waals surface area contributed by atoms with Crippen LogP contribution in [0.5, 0.6) is 0 Å². The average Bonchev–Trinajstić information content (AvgIpc) is 3.24. The highest BCUT2D eigenvalue weighted by molar-refractivity contribution is 14.0. The summed E-state index contributed by atoms with van der Waals surface area (Å²) in [6, 6.07) is 8.35. The zero-order chi connectivity index (χ0) is 18.4. The van der Waals surface area contributed by atoms with Crippen LogP contribution >= 0.6 is 35.3 Å². The number of benzene rings is 1. The molecule has 1 amide bonds. The molecule has 0 atom stereocenters. The van der Waals surface area contributed by atoms with E-state index in [4.69, 9.17) is 0 Å². The van der Waals surface area contributed by atoms with Gasteiger partial charge < -0.3 is 15.5 Å². The maximum absolute atomic E-state index is 11.8. The van der Waals surface area contributed by atoms with Gasteiger partial charge in [0.15, 0.2) is 5.96 Å². The number of carbonyl (C=O) groups excluding carboxylic acids is 1. The monoisotopic (exact) mass is 499 g/mol. The van der Waals surface area contributed by atoms with E-state index in [1.807, 2.05) is 17.2 Å². The minimum Gasteiger partial charge on any atom is -0.352 e. The molecule has 0 bridgehead atoms. The largest absolute Gasteiger partial charge is 0.352 e. The van der Waals surface area contributed by atoms with Crippen molar-refractivity contribution in [2.24, 2.45) is 4.99 Å². The second-order valence-corrected chi connectivity index (χ2v) is 7.70. The number of likely N-dealkylation sites (tertiary alicyclic amines) is 1. The smallest absolute Gasteiger partial charge is 0.222 e. The van der Waals surface area contributed by atoms with E-state index in [1.165, 1.54) is 16.0 Å². The van der Waals surface area contributed by atoms with Crippen LogP contribution in [0.1, 0.15) is 33.9 Å². The maximum atomic E-state index is 11.8. The van der Waals surface area contributed by atoms with Crippen LogP contribution in [0.15, 0.2) is 35.5 Å². The molecule has 6 nitrogen and oxygen atoms in total. The molecule has 146 valence electrons. The number of thiazole rings is 1. The minimum atomic E-state index is 0. The Morgan fingerprint density at radius 1 is 1.30 bits per heavy atom. The van der Waals surface area contributed by atoms with E-state index >= 15 is 0 Å². The highest BCUT2D eigenvalue weighted by Crippen LogP contribution is 2.15. The molecule has 27 heavy (non-hydrogen) atoms. The molecular weight excluding hydrogens is 473 g/mol. The highest BCUT2D eigenvalue weighted by Gasteiger charge is 2.19. The highest BCUT2D eigenvalue weighted by atomic mass is 127. The van der Waals surface area contributed by atoms with Crippen molar-refractivity contribution in [3.8, 4) is 0 Å². The van der Waals surface area contributed by atoms with Crippen molar-refractivity contribution in [2.45, 2.75) is 39.4 Å². The second-order valence-electron chi connectivity index (χ2n) is 6.38. The van der Waals surface area contributed by atoms with Crippen molar-refractivity contribution in [2.75, 3.05) is 13.6 Å². The van der Waals surface area contributed by atoms with Crippen molar-refractivity contribution in [3.05, 3.63) is 51.5 Å². The molecular formula is C19H26IN5OS. The second kappa shape index (κ2) is 10.6. The van der Waals surface area contributed by atoms with Crippen molar-refractivity contribution >= 4 is 47.2 Å². The topological polar surface area (TPSA) is 69.6 Å². The first kappa shape index (κ1) is 21.6. The summed E-state index contributed by atoms with van der Waals surface area (Å²) < 4.78 is 0.